The molecular formula is C22H18FN3O3S. The van der Waals surface area contributed by atoms with Crippen LogP contribution in [0.25, 0.3) is 10.2 Å². The lowest BCUT2D eigenvalue weighted by Gasteiger charge is -2.20. The van der Waals surface area contributed by atoms with E-state index in [0.717, 1.165) is 5.56 Å². The molecule has 2 heterocycles. The van der Waals surface area contributed by atoms with Crippen LogP contribution in [0, 0.1) is 5.82 Å². The van der Waals surface area contributed by atoms with Crippen LogP contribution in [0.2, 0.25) is 0 Å². The second-order valence-corrected chi connectivity index (χ2v) is 7.37. The predicted molar refractivity (Wildman–Crippen MR) is 113 cm³/mol. The number of amides is 1. The predicted octanol–water partition coefficient (Wildman–Crippen LogP) is 4.45. The Labute approximate surface area is 176 Å². The number of carbonyl (C=O) groups is 1. The molecule has 2 aromatic heterocycles. The molecule has 2 aromatic carbocycles. The van der Waals surface area contributed by atoms with Crippen LogP contribution in [0.15, 0.2) is 67.0 Å². The standard InChI is InChI=1S/C22H18FN3O3S/c1-28-17-8-2-3-9-18(17)29-14-20(27)26(13-15-6-5-11-24-12-15)22-25-21-16(23)7-4-10-19(21)30-22/h2-12H,13-14H2,1H3. The molecule has 152 valence electrons. The fourth-order valence-corrected chi connectivity index (χ4v) is 3.91. The summed E-state index contributed by atoms with van der Waals surface area (Å²) in [5.74, 6) is 0.259. The molecule has 0 aliphatic heterocycles. The first-order valence-electron chi connectivity index (χ1n) is 9.16. The van der Waals surface area contributed by atoms with Crippen LogP contribution < -0.4 is 14.4 Å². The maximum atomic E-state index is 14.1. The molecule has 0 saturated heterocycles. The molecule has 8 heteroatoms. The van der Waals surface area contributed by atoms with Gasteiger partial charge in [0.2, 0.25) is 0 Å². The van der Waals surface area contributed by atoms with E-state index >= 15 is 0 Å². The summed E-state index contributed by atoms with van der Waals surface area (Å²) in [5.41, 5.74) is 1.06. The monoisotopic (exact) mass is 423 g/mol. The Balaban J connectivity index is 1.62. The van der Waals surface area contributed by atoms with E-state index in [1.54, 1.807) is 48.8 Å². The van der Waals surface area contributed by atoms with Crippen molar-refractivity contribution in [2.45, 2.75) is 6.54 Å². The number of rotatable bonds is 7. The number of benzene rings is 2. The highest BCUT2D eigenvalue weighted by Crippen LogP contribution is 2.31. The Morgan fingerprint density at radius 1 is 1.10 bits per heavy atom. The van der Waals surface area contributed by atoms with E-state index in [2.05, 4.69) is 9.97 Å². The van der Waals surface area contributed by atoms with Gasteiger partial charge < -0.3 is 9.47 Å². The third kappa shape index (κ3) is 4.23. The molecular weight excluding hydrogens is 405 g/mol. The van der Waals surface area contributed by atoms with E-state index in [9.17, 15) is 9.18 Å². The minimum atomic E-state index is -0.422. The van der Waals surface area contributed by atoms with Gasteiger partial charge in [-0.3, -0.25) is 14.7 Å². The van der Waals surface area contributed by atoms with Gasteiger partial charge in [-0.05, 0) is 35.9 Å². The number of methoxy groups -OCH3 is 1. The summed E-state index contributed by atoms with van der Waals surface area (Å²) >= 11 is 1.25. The Kier molecular flexibility index (Phi) is 5.85. The van der Waals surface area contributed by atoms with Crippen molar-refractivity contribution in [2.75, 3.05) is 18.6 Å². The lowest BCUT2D eigenvalue weighted by molar-refractivity contribution is -0.120. The molecule has 0 fully saturated rings. The highest BCUT2D eigenvalue weighted by molar-refractivity contribution is 7.22. The number of hydrogen-bond acceptors (Lipinski definition) is 6. The summed E-state index contributed by atoms with van der Waals surface area (Å²) in [6.45, 7) is 0.0163. The number of nitrogens with zero attached hydrogens (tertiary/aromatic N) is 3. The van der Waals surface area contributed by atoms with Crippen LogP contribution in [-0.2, 0) is 11.3 Å². The average Bonchev–Trinajstić information content (AvgIpc) is 3.22. The molecule has 6 nitrogen and oxygen atoms in total. The molecule has 0 atom stereocenters. The number of pyridine rings is 1. The topological polar surface area (TPSA) is 64.6 Å². The maximum Gasteiger partial charge on any atom is 0.267 e. The number of para-hydroxylation sites is 3. The molecule has 0 saturated carbocycles. The van der Waals surface area contributed by atoms with Gasteiger partial charge in [-0.15, -0.1) is 0 Å². The lowest BCUT2D eigenvalue weighted by Crippen LogP contribution is -2.34. The van der Waals surface area contributed by atoms with Crippen LogP contribution >= 0.6 is 11.3 Å². The molecule has 4 aromatic rings. The normalized spacial score (nSPS) is 10.7. The molecule has 0 unspecified atom stereocenters. The average molecular weight is 423 g/mol. The SMILES string of the molecule is COc1ccccc1OCC(=O)N(Cc1cccnc1)c1nc2c(F)cccc2s1. The van der Waals surface area contributed by atoms with Crippen molar-refractivity contribution in [3.05, 3.63) is 78.4 Å². The van der Waals surface area contributed by atoms with Crippen molar-refractivity contribution in [1.29, 1.82) is 0 Å². The van der Waals surface area contributed by atoms with E-state index in [1.807, 2.05) is 12.1 Å². The Bertz CT molecular complexity index is 1170. The van der Waals surface area contributed by atoms with Gasteiger partial charge in [-0.25, -0.2) is 9.37 Å². The molecule has 0 bridgehead atoms. The van der Waals surface area contributed by atoms with Crippen molar-refractivity contribution < 1.29 is 18.7 Å². The van der Waals surface area contributed by atoms with Gasteiger partial charge in [0.25, 0.3) is 5.91 Å². The molecule has 0 spiro atoms. The third-order valence-electron chi connectivity index (χ3n) is 4.37. The number of aromatic nitrogens is 2. The van der Waals surface area contributed by atoms with Gasteiger partial charge in [0.05, 0.1) is 18.4 Å². The minimum absolute atomic E-state index is 0.223. The first-order valence-corrected chi connectivity index (χ1v) is 9.97. The fourth-order valence-electron chi connectivity index (χ4n) is 2.91. The molecule has 0 aliphatic carbocycles. The number of fused-ring (bicyclic) bond motifs is 1. The molecule has 4 rings (SSSR count). The smallest absolute Gasteiger partial charge is 0.267 e. The second-order valence-electron chi connectivity index (χ2n) is 6.36. The quantitative estimate of drug-likeness (QED) is 0.439. The number of ether oxygens (including phenoxy) is 2. The first-order chi connectivity index (χ1) is 14.7. The number of carbonyl (C=O) groups excluding carboxylic acids is 1. The third-order valence-corrected chi connectivity index (χ3v) is 5.42. The van der Waals surface area contributed by atoms with Crippen molar-refractivity contribution in [3.63, 3.8) is 0 Å². The molecule has 0 aliphatic rings. The summed E-state index contributed by atoms with van der Waals surface area (Å²) < 4.78 is 25.8. The van der Waals surface area contributed by atoms with Gasteiger partial charge in [-0.1, -0.05) is 35.6 Å². The lowest BCUT2D eigenvalue weighted by atomic mass is 10.2. The zero-order valence-corrected chi connectivity index (χ0v) is 16.9. The second kappa shape index (κ2) is 8.87. The molecule has 0 radical (unpaired) electrons. The van der Waals surface area contributed by atoms with E-state index in [4.69, 9.17) is 9.47 Å². The van der Waals surface area contributed by atoms with Crippen molar-refractivity contribution in [2.24, 2.45) is 0 Å². The number of halogens is 1. The Morgan fingerprint density at radius 2 is 1.93 bits per heavy atom. The summed E-state index contributed by atoms with van der Waals surface area (Å²) in [6.07, 6.45) is 3.34. The highest BCUT2D eigenvalue weighted by Gasteiger charge is 2.22. The van der Waals surface area contributed by atoms with Crippen LogP contribution in [0.4, 0.5) is 9.52 Å². The molecule has 0 N–H and O–H groups in total. The molecule has 30 heavy (non-hydrogen) atoms. The van der Waals surface area contributed by atoms with Crippen LogP contribution in [0.1, 0.15) is 5.56 Å². The Morgan fingerprint density at radius 3 is 2.67 bits per heavy atom. The first kappa shape index (κ1) is 19.8. The zero-order valence-electron chi connectivity index (χ0n) is 16.1. The molecule has 1 amide bonds. The van der Waals surface area contributed by atoms with Crippen LogP contribution in [0.3, 0.4) is 0 Å². The van der Waals surface area contributed by atoms with Gasteiger partial charge in [-0.2, -0.15) is 0 Å². The number of hydrogen-bond donors (Lipinski definition) is 0. The van der Waals surface area contributed by atoms with Gasteiger partial charge in [0.15, 0.2) is 23.2 Å². The van der Waals surface area contributed by atoms with Crippen LogP contribution in [0.5, 0.6) is 11.5 Å². The number of anilines is 1. The summed E-state index contributed by atoms with van der Waals surface area (Å²) in [5, 5.41) is 0.396. The van der Waals surface area contributed by atoms with Crippen LogP contribution in [-0.4, -0.2) is 29.6 Å². The Hall–Kier alpha value is -3.52. The fraction of sp³-hybridized carbons (Fsp3) is 0.136. The van der Waals surface area contributed by atoms with E-state index < -0.39 is 5.82 Å². The minimum Gasteiger partial charge on any atom is -0.493 e. The zero-order chi connectivity index (χ0) is 20.9. The van der Waals surface area contributed by atoms with Gasteiger partial charge in [0, 0.05) is 12.4 Å². The van der Waals surface area contributed by atoms with E-state index in [-0.39, 0.29) is 24.6 Å². The van der Waals surface area contributed by atoms with E-state index in [0.29, 0.717) is 21.3 Å². The van der Waals surface area contributed by atoms with Crippen molar-refractivity contribution >= 4 is 32.6 Å². The number of thiazole rings is 1. The summed E-state index contributed by atoms with van der Waals surface area (Å²) in [7, 11) is 1.54. The highest BCUT2D eigenvalue weighted by atomic mass is 32.1. The summed E-state index contributed by atoms with van der Waals surface area (Å²) in [6, 6.07) is 15.5. The maximum absolute atomic E-state index is 14.1. The van der Waals surface area contributed by atoms with Gasteiger partial charge in [0.1, 0.15) is 11.3 Å². The largest absolute Gasteiger partial charge is 0.493 e. The van der Waals surface area contributed by atoms with Crippen molar-refractivity contribution in [3.8, 4) is 11.5 Å². The van der Waals surface area contributed by atoms with Gasteiger partial charge >= 0.3 is 0 Å². The summed E-state index contributed by atoms with van der Waals surface area (Å²) in [4.78, 5) is 23.0. The van der Waals surface area contributed by atoms with E-state index in [1.165, 1.54) is 29.4 Å². The van der Waals surface area contributed by atoms with Crippen molar-refractivity contribution in [1.82, 2.24) is 9.97 Å².